The Kier molecular flexibility index (Phi) is 5.53. The lowest BCUT2D eigenvalue weighted by Crippen LogP contribution is -2.45. The van der Waals surface area contributed by atoms with E-state index in [4.69, 9.17) is 0 Å². The van der Waals surface area contributed by atoms with Crippen molar-refractivity contribution in [2.24, 2.45) is 0 Å². The Morgan fingerprint density at radius 2 is 1.66 bits per heavy atom. The molecule has 1 atom stereocenters. The summed E-state index contributed by atoms with van der Waals surface area (Å²) in [5.74, 6) is -0.792. The van der Waals surface area contributed by atoms with Crippen LogP contribution >= 0.6 is 11.3 Å². The summed E-state index contributed by atoms with van der Waals surface area (Å²) < 4.78 is 0. The molecule has 0 bridgehead atoms. The quantitative estimate of drug-likeness (QED) is 0.589. The molecule has 4 rings (SSSR count). The highest BCUT2D eigenvalue weighted by Crippen LogP contribution is 2.27. The van der Waals surface area contributed by atoms with Gasteiger partial charge in [0.1, 0.15) is 6.04 Å². The molecule has 2 aromatic carbocycles. The van der Waals surface area contributed by atoms with Gasteiger partial charge in [0.2, 0.25) is 11.8 Å². The molecule has 0 saturated carbocycles. The Hall–Kier alpha value is -3.25. The van der Waals surface area contributed by atoms with Crippen LogP contribution in [0.4, 0.5) is 5.69 Å². The van der Waals surface area contributed by atoms with Crippen LogP contribution in [0.5, 0.6) is 0 Å². The summed E-state index contributed by atoms with van der Waals surface area (Å²) in [4.78, 5) is 42.7. The summed E-state index contributed by atoms with van der Waals surface area (Å²) in [7, 11) is 0. The lowest BCUT2D eigenvalue weighted by Gasteiger charge is -2.27. The third kappa shape index (κ3) is 4.12. The smallest absolute Gasteiger partial charge is 0.257 e. The molecule has 29 heavy (non-hydrogen) atoms. The normalized spacial score (nSPS) is 16.3. The van der Waals surface area contributed by atoms with Crippen LogP contribution in [0.2, 0.25) is 0 Å². The van der Waals surface area contributed by atoms with Crippen molar-refractivity contribution in [3.8, 4) is 0 Å². The van der Waals surface area contributed by atoms with Crippen LogP contribution in [-0.4, -0.2) is 28.7 Å². The Morgan fingerprint density at radius 1 is 0.966 bits per heavy atom. The summed E-state index contributed by atoms with van der Waals surface area (Å²) in [5.41, 5.74) is 1.42. The van der Waals surface area contributed by atoms with Gasteiger partial charge in [-0.1, -0.05) is 54.6 Å². The van der Waals surface area contributed by atoms with E-state index >= 15 is 0 Å². The van der Waals surface area contributed by atoms with Crippen LogP contribution in [0, 0.1) is 0 Å². The maximum Gasteiger partial charge on any atom is 0.257 e. The second-order valence-corrected chi connectivity index (χ2v) is 7.92. The zero-order valence-corrected chi connectivity index (χ0v) is 16.5. The highest BCUT2D eigenvalue weighted by atomic mass is 32.1. The number of carbonyl (C=O) groups excluding carboxylic acids is 3. The van der Waals surface area contributed by atoms with Crippen LogP contribution in [0.1, 0.15) is 16.9 Å². The number of benzene rings is 2. The molecule has 6 heteroatoms. The van der Waals surface area contributed by atoms with Crippen molar-refractivity contribution in [2.45, 2.75) is 25.4 Å². The van der Waals surface area contributed by atoms with E-state index in [2.05, 4.69) is 0 Å². The van der Waals surface area contributed by atoms with E-state index in [1.54, 1.807) is 29.2 Å². The predicted octanol–water partition coefficient (Wildman–Crippen LogP) is 3.65. The first-order valence-corrected chi connectivity index (χ1v) is 10.3. The van der Waals surface area contributed by atoms with Gasteiger partial charge in [-0.05, 0) is 29.1 Å². The van der Waals surface area contributed by atoms with Crippen molar-refractivity contribution in [3.63, 3.8) is 0 Å². The summed E-state index contributed by atoms with van der Waals surface area (Å²) in [6.45, 7) is 0.315. The van der Waals surface area contributed by atoms with Crippen molar-refractivity contribution < 1.29 is 14.4 Å². The van der Waals surface area contributed by atoms with Crippen LogP contribution < -0.4 is 4.90 Å². The number of hydrogen-bond acceptors (Lipinski definition) is 4. The molecule has 3 amide bonds. The number of thiophene rings is 1. The van der Waals surface area contributed by atoms with Gasteiger partial charge in [0.05, 0.1) is 25.1 Å². The van der Waals surface area contributed by atoms with Gasteiger partial charge >= 0.3 is 0 Å². The maximum atomic E-state index is 13.2. The number of hydrogen-bond donors (Lipinski definition) is 0. The van der Waals surface area contributed by atoms with Crippen LogP contribution in [0.15, 0.2) is 78.2 Å². The lowest BCUT2D eigenvalue weighted by atomic mass is 10.1. The van der Waals surface area contributed by atoms with Crippen LogP contribution in [0.25, 0.3) is 0 Å². The van der Waals surface area contributed by atoms with E-state index in [1.165, 1.54) is 16.2 Å². The molecule has 0 aliphatic carbocycles. The van der Waals surface area contributed by atoms with Gasteiger partial charge in [0.25, 0.3) is 5.91 Å². The number of anilines is 1. The van der Waals surface area contributed by atoms with E-state index < -0.39 is 6.04 Å². The molecule has 5 nitrogen and oxygen atoms in total. The minimum absolute atomic E-state index is 0.000365. The molecule has 1 fully saturated rings. The van der Waals surface area contributed by atoms with Crippen molar-refractivity contribution >= 4 is 34.7 Å². The zero-order chi connectivity index (χ0) is 20.2. The summed E-state index contributed by atoms with van der Waals surface area (Å²) in [6.07, 6.45) is 0.190. The monoisotopic (exact) mass is 404 g/mol. The fraction of sp³-hybridized carbons (Fsp3) is 0.174. The van der Waals surface area contributed by atoms with Gasteiger partial charge in [-0.25, -0.2) is 4.90 Å². The minimum atomic E-state index is -0.791. The summed E-state index contributed by atoms with van der Waals surface area (Å²) in [6, 6.07) is 21.4. The minimum Gasteiger partial charge on any atom is -0.325 e. The number of imide groups is 1. The van der Waals surface area contributed by atoms with Crippen molar-refractivity contribution in [1.82, 2.24) is 4.90 Å². The highest BCUT2D eigenvalue weighted by molar-refractivity contribution is 7.09. The Labute approximate surface area is 173 Å². The van der Waals surface area contributed by atoms with Crippen molar-refractivity contribution in [3.05, 3.63) is 88.6 Å². The van der Waals surface area contributed by atoms with E-state index in [0.717, 1.165) is 10.4 Å². The second kappa shape index (κ2) is 8.41. The Morgan fingerprint density at radius 3 is 2.31 bits per heavy atom. The largest absolute Gasteiger partial charge is 0.325 e. The number of carbonyl (C=O) groups is 3. The SMILES string of the molecule is O=C1CC(N(Cc2cccs2)C(=O)Cc2ccccc2)C(=O)N1c1ccccc1. The van der Waals surface area contributed by atoms with Crippen LogP contribution in [0.3, 0.4) is 0 Å². The Balaban J connectivity index is 1.61. The lowest BCUT2D eigenvalue weighted by molar-refractivity contribution is -0.138. The molecule has 1 aromatic heterocycles. The molecule has 0 N–H and O–H groups in total. The molecule has 2 heterocycles. The van der Waals surface area contributed by atoms with Crippen LogP contribution in [-0.2, 0) is 27.3 Å². The zero-order valence-electron chi connectivity index (χ0n) is 15.7. The summed E-state index contributed by atoms with van der Waals surface area (Å²) >= 11 is 1.53. The third-order valence-corrected chi connectivity index (χ3v) is 5.80. The first-order valence-electron chi connectivity index (χ1n) is 9.41. The number of amides is 3. The fourth-order valence-corrected chi connectivity index (χ4v) is 4.23. The van der Waals surface area contributed by atoms with Crippen molar-refractivity contribution in [1.29, 1.82) is 0 Å². The highest BCUT2D eigenvalue weighted by Gasteiger charge is 2.44. The van der Waals surface area contributed by atoms with Gasteiger partial charge < -0.3 is 4.90 Å². The molecule has 1 aliphatic rings. The average Bonchev–Trinajstić information content (AvgIpc) is 3.35. The summed E-state index contributed by atoms with van der Waals surface area (Å²) in [5, 5.41) is 1.94. The van der Waals surface area contributed by atoms with E-state index in [9.17, 15) is 14.4 Å². The van der Waals surface area contributed by atoms with Gasteiger partial charge in [-0.2, -0.15) is 0 Å². The van der Waals surface area contributed by atoms with Gasteiger partial charge in [-0.3, -0.25) is 14.4 Å². The van der Waals surface area contributed by atoms with Gasteiger partial charge in [-0.15, -0.1) is 11.3 Å². The number of rotatable bonds is 6. The van der Waals surface area contributed by atoms with E-state index in [-0.39, 0.29) is 30.6 Å². The number of para-hydroxylation sites is 1. The Bertz CT molecular complexity index is 1000. The molecular formula is C23H20N2O3S. The van der Waals surface area contributed by atoms with Gasteiger partial charge in [0, 0.05) is 4.88 Å². The third-order valence-electron chi connectivity index (χ3n) is 4.94. The predicted molar refractivity (Wildman–Crippen MR) is 112 cm³/mol. The second-order valence-electron chi connectivity index (χ2n) is 6.89. The topological polar surface area (TPSA) is 57.7 Å². The fourth-order valence-electron chi connectivity index (χ4n) is 3.52. The molecule has 0 radical (unpaired) electrons. The average molecular weight is 404 g/mol. The standard InChI is InChI=1S/C23H20N2O3S/c26-21(14-17-8-3-1-4-9-17)24(16-19-12-7-13-29-19)20-15-22(27)25(23(20)28)18-10-5-2-6-11-18/h1-13,20H,14-16H2. The molecular weight excluding hydrogens is 384 g/mol. The molecule has 0 spiro atoms. The first kappa shape index (κ1) is 19.1. The molecule has 1 saturated heterocycles. The molecule has 1 unspecified atom stereocenters. The maximum absolute atomic E-state index is 13.2. The molecule has 1 aliphatic heterocycles. The van der Waals surface area contributed by atoms with E-state index in [0.29, 0.717) is 12.2 Å². The van der Waals surface area contributed by atoms with E-state index in [1.807, 2.05) is 53.9 Å². The van der Waals surface area contributed by atoms with Crippen molar-refractivity contribution in [2.75, 3.05) is 4.90 Å². The molecule has 3 aromatic rings. The molecule has 146 valence electrons. The number of nitrogens with zero attached hydrogens (tertiary/aromatic N) is 2. The van der Waals surface area contributed by atoms with Gasteiger partial charge in [0.15, 0.2) is 0 Å². The first-order chi connectivity index (χ1) is 14.1.